The zero-order valence-corrected chi connectivity index (χ0v) is 13.1. The standard InChI is InChI=1S/C14H12BrClFN3/c1-18-14-11(15)12(7-2-3-7)19-13(20-14)8-4-9(16)6-10(17)5-8/h4-7H,2-3H2,1H3,(H,18,19,20). The summed E-state index contributed by atoms with van der Waals surface area (Å²) in [7, 11) is 1.80. The monoisotopic (exact) mass is 355 g/mol. The highest BCUT2D eigenvalue weighted by Gasteiger charge is 2.29. The molecule has 0 atom stereocenters. The molecular weight excluding hydrogens is 345 g/mol. The molecule has 0 aliphatic heterocycles. The molecule has 3 nitrogen and oxygen atoms in total. The summed E-state index contributed by atoms with van der Waals surface area (Å²) in [4.78, 5) is 8.99. The third kappa shape index (κ3) is 2.65. The van der Waals surface area contributed by atoms with E-state index in [1.165, 1.54) is 12.1 Å². The number of nitrogens with zero attached hydrogens (tertiary/aromatic N) is 2. The van der Waals surface area contributed by atoms with Gasteiger partial charge in [-0.2, -0.15) is 0 Å². The second-order valence-corrected chi connectivity index (χ2v) is 6.01. The molecule has 0 unspecified atom stereocenters. The number of anilines is 1. The van der Waals surface area contributed by atoms with E-state index in [-0.39, 0.29) is 0 Å². The summed E-state index contributed by atoms with van der Waals surface area (Å²) < 4.78 is 14.4. The summed E-state index contributed by atoms with van der Waals surface area (Å²) in [5.41, 5.74) is 1.56. The van der Waals surface area contributed by atoms with E-state index in [2.05, 4.69) is 31.2 Å². The van der Waals surface area contributed by atoms with Crippen molar-refractivity contribution in [3.8, 4) is 11.4 Å². The number of hydrogen-bond acceptors (Lipinski definition) is 3. The third-order valence-electron chi connectivity index (χ3n) is 3.20. The fourth-order valence-electron chi connectivity index (χ4n) is 2.07. The summed E-state index contributed by atoms with van der Waals surface area (Å²) in [6.07, 6.45) is 2.25. The molecule has 0 spiro atoms. The van der Waals surface area contributed by atoms with Crippen LogP contribution in [0.5, 0.6) is 0 Å². The number of rotatable bonds is 3. The van der Waals surface area contributed by atoms with E-state index in [4.69, 9.17) is 11.6 Å². The highest BCUT2D eigenvalue weighted by atomic mass is 79.9. The lowest BCUT2D eigenvalue weighted by Gasteiger charge is -2.11. The molecule has 104 valence electrons. The molecule has 0 radical (unpaired) electrons. The molecule has 0 saturated heterocycles. The number of halogens is 3. The van der Waals surface area contributed by atoms with Crippen molar-refractivity contribution in [1.29, 1.82) is 0 Å². The first-order valence-corrected chi connectivity index (χ1v) is 7.47. The van der Waals surface area contributed by atoms with Crippen LogP contribution in [0.25, 0.3) is 11.4 Å². The van der Waals surface area contributed by atoms with Crippen molar-refractivity contribution in [2.75, 3.05) is 12.4 Å². The van der Waals surface area contributed by atoms with Crippen LogP contribution in [-0.2, 0) is 0 Å². The van der Waals surface area contributed by atoms with Crippen molar-refractivity contribution in [3.63, 3.8) is 0 Å². The molecule has 1 fully saturated rings. The highest BCUT2D eigenvalue weighted by molar-refractivity contribution is 9.10. The summed E-state index contributed by atoms with van der Waals surface area (Å²) in [6, 6.07) is 4.33. The maximum atomic E-state index is 13.5. The second kappa shape index (κ2) is 5.30. The number of nitrogens with one attached hydrogen (secondary N) is 1. The van der Waals surface area contributed by atoms with E-state index in [0.29, 0.717) is 28.1 Å². The smallest absolute Gasteiger partial charge is 0.162 e. The molecule has 1 N–H and O–H groups in total. The van der Waals surface area contributed by atoms with Gasteiger partial charge in [0.2, 0.25) is 0 Å². The van der Waals surface area contributed by atoms with Crippen LogP contribution in [0.3, 0.4) is 0 Å². The Bertz CT molecular complexity index is 653. The topological polar surface area (TPSA) is 37.8 Å². The summed E-state index contributed by atoms with van der Waals surface area (Å²) in [5.74, 6) is 1.26. The van der Waals surface area contributed by atoms with E-state index < -0.39 is 5.82 Å². The number of hydrogen-bond donors (Lipinski definition) is 1. The number of aromatic nitrogens is 2. The van der Waals surface area contributed by atoms with Gasteiger partial charge in [-0.05, 0) is 47.0 Å². The minimum absolute atomic E-state index is 0.338. The Balaban J connectivity index is 2.15. The molecule has 1 saturated carbocycles. The van der Waals surface area contributed by atoms with Crippen LogP contribution >= 0.6 is 27.5 Å². The minimum atomic E-state index is -0.391. The maximum Gasteiger partial charge on any atom is 0.162 e. The lowest BCUT2D eigenvalue weighted by atomic mass is 10.2. The lowest BCUT2D eigenvalue weighted by molar-refractivity contribution is 0.628. The molecule has 20 heavy (non-hydrogen) atoms. The van der Waals surface area contributed by atoms with Gasteiger partial charge in [0.15, 0.2) is 5.82 Å². The van der Waals surface area contributed by atoms with E-state index in [9.17, 15) is 4.39 Å². The van der Waals surface area contributed by atoms with Crippen molar-refractivity contribution in [1.82, 2.24) is 9.97 Å². The molecular formula is C14H12BrClFN3. The first-order valence-electron chi connectivity index (χ1n) is 6.30. The zero-order chi connectivity index (χ0) is 14.3. The van der Waals surface area contributed by atoms with E-state index in [0.717, 1.165) is 23.0 Å². The zero-order valence-electron chi connectivity index (χ0n) is 10.8. The van der Waals surface area contributed by atoms with Gasteiger partial charge in [0.25, 0.3) is 0 Å². The van der Waals surface area contributed by atoms with E-state index >= 15 is 0 Å². The van der Waals surface area contributed by atoms with Gasteiger partial charge in [0.05, 0.1) is 10.2 Å². The minimum Gasteiger partial charge on any atom is -0.372 e. The second-order valence-electron chi connectivity index (χ2n) is 4.78. The SMILES string of the molecule is CNc1nc(-c2cc(F)cc(Cl)c2)nc(C2CC2)c1Br. The maximum absolute atomic E-state index is 13.5. The van der Waals surface area contributed by atoms with Crippen molar-refractivity contribution < 1.29 is 4.39 Å². The Hall–Kier alpha value is -1.20. The Morgan fingerprint density at radius 3 is 2.65 bits per heavy atom. The Morgan fingerprint density at radius 2 is 2.05 bits per heavy atom. The van der Waals surface area contributed by atoms with Crippen LogP contribution in [-0.4, -0.2) is 17.0 Å². The van der Waals surface area contributed by atoms with Gasteiger partial charge in [0.1, 0.15) is 11.6 Å². The normalized spacial score (nSPS) is 14.4. The van der Waals surface area contributed by atoms with Crippen LogP contribution in [0, 0.1) is 5.82 Å². The first-order chi connectivity index (χ1) is 9.58. The highest BCUT2D eigenvalue weighted by Crippen LogP contribution is 2.44. The van der Waals surface area contributed by atoms with Crippen LogP contribution in [0.4, 0.5) is 10.2 Å². The first kappa shape index (κ1) is 13.8. The molecule has 6 heteroatoms. The van der Waals surface area contributed by atoms with Gasteiger partial charge in [-0.3, -0.25) is 0 Å². The molecule has 1 aliphatic carbocycles. The lowest BCUT2D eigenvalue weighted by Crippen LogP contribution is -2.02. The van der Waals surface area contributed by atoms with Crippen molar-refractivity contribution in [3.05, 3.63) is 39.2 Å². The summed E-state index contributed by atoms with van der Waals surface area (Å²) >= 11 is 9.43. The molecule has 1 aromatic carbocycles. The van der Waals surface area contributed by atoms with E-state index in [1.54, 1.807) is 13.1 Å². The van der Waals surface area contributed by atoms with Crippen LogP contribution in [0.1, 0.15) is 24.5 Å². The Labute approximate surface area is 129 Å². The van der Waals surface area contributed by atoms with Gasteiger partial charge < -0.3 is 5.32 Å². The van der Waals surface area contributed by atoms with Crippen LogP contribution in [0.2, 0.25) is 5.02 Å². The number of benzene rings is 1. The molecule has 1 aromatic heterocycles. The fraction of sp³-hybridized carbons (Fsp3) is 0.286. The summed E-state index contributed by atoms with van der Waals surface area (Å²) in [6.45, 7) is 0. The molecule has 1 aliphatic rings. The average molecular weight is 357 g/mol. The molecule has 3 rings (SSSR count). The van der Waals surface area contributed by atoms with Gasteiger partial charge in [-0.1, -0.05) is 11.6 Å². The van der Waals surface area contributed by atoms with Crippen molar-refractivity contribution in [2.24, 2.45) is 0 Å². The van der Waals surface area contributed by atoms with Crippen LogP contribution < -0.4 is 5.32 Å². The van der Waals surface area contributed by atoms with Gasteiger partial charge in [0, 0.05) is 23.6 Å². The quantitative estimate of drug-likeness (QED) is 0.872. The van der Waals surface area contributed by atoms with Gasteiger partial charge in [-0.25, -0.2) is 14.4 Å². The molecule has 0 bridgehead atoms. The molecule has 2 aromatic rings. The van der Waals surface area contributed by atoms with Crippen LogP contribution in [0.15, 0.2) is 22.7 Å². The Kier molecular flexibility index (Phi) is 3.65. The largest absolute Gasteiger partial charge is 0.372 e. The van der Waals surface area contributed by atoms with Crippen molar-refractivity contribution in [2.45, 2.75) is 18.8 Å². The van der Waals surface area contributed by atoms with Crippen molar-refractivity contribution >= 4 is 33.3 Å². The predicted molar refractivity (Wildman–Crippen MR) is 81.7 cm³/mol. The fourth-order valence-corrected chi connectivity index (χ4v) is 2.99. The molecule has 1 heterocycles. The van der Waals surface area contributed by atoms with Gasteiger partial charge in [-0.15, -0.1) is 0 Å². The average Bonchev–Trinajstić information content (AvgIpc) is 3.22. The van der Waals surface area contributed by atoms with E-state index in [1.807, 2.05) is 0 Å². The predicted octanol–water partition coefficient (Wildman–Crippen LogP) is 4.62. The molecule has 0 amide bonds. The Morgan fingerprint density at radius 1 is 1.30 bits per heavy atom. The summed E-state index contributed by atoms with van der Waals surface area (Å²) in [5, 5.41) is 3.37. The van der Waals surface area contributed by atoms with Gasteiger partial charge >= 0.3 is 0 Å². The third-order valence-corrected chi connectivity index (χ3v) is 4.20.